The van der Waals surface area contributed by atoms with Gasteiger partial charge in [-0.15, -0.1) is 0 Å². The van der Waals surface area contributed by atoms with Gasteiger partial charge < -0.3 is 30.2 Å². The molecule has 4 rings (SSSR count). The fraction of sp³-hybridized carbons (Fsp3) is 0.469. The van der Waals surface area contributed by atoms with Gasteiger partial charge in [0.2, 0.25) is 11.8 Å². The van der Waals surface area contributed by atoms with Gasteiger partial charge in [-0.2, -0.15) is 5.10 Å². The summed E-state index contributed by atoms with van der Waals surface area (Å²) in [4.78, 5) is 19.5. The zero-order chi connectivity index (χ0) is 30.3. The number of benzene rings is 2. The van der Waals surface area contributed by atoms with Gasteiger partial charge in [-0.25, -0.2) is 4.68 Å². The summed E-state index contributed by atoms with van der Waals surface area (Å²) >= 11 is 0. The third-order valence-corrected chi connectivity index (χ3v) is 7.06. The van der Waals surface area contributed by atoms with Crippen LogP contribution in [0.15, 0.2) is 53.3 Å². The van der Waals surface area contributed by atoms with E-state index >= 15 is 0 Å². The molecule has 0 unspecified atom stereocenters. The van der Waals surface area contributed by atoms with E-state index in [0.29, 0.717) is 17.3 Å². The van der Waals surface area contributed by atoms with Gasteiger partial charge >= 0.3 is 0 Å². The van der Waals surface area contributed by atoms with E-state index in [0.717, 1.165) is 66.9 Å². The predicted octanol–water partition coefficient (Wildman–Crippen LogP) is 4.74. The van der Waals surface area contributed by atoms with E-state index in [2.05, 4.69) is 20.3 Å². The number of nitrogens with two attached hydrogens (primary N) is 1. The number of hydrogen-bond donors (Lipinski definition) is 2. The molecule has 10 nitrogen and oxygen atoms in total. The van der Waals surface area contributed by atoms with E-state index in [9.17, 15) is 4.79 Å². The first-order chi connectivity index (χ1) is 20.0. The lowest BCUT2D eigenvalue weighted by Crippen LogP contribution is -2.39. The number of piperidine rings is 1. The van der Waals surface area contributed by atoms with Gasteiger partial charge in [0.1, 0.15) is 17.6 Å². The van der Waals surface area contributed by atoms with E-state index in [4.69, 9.17) is 19.9 Å². The van der Waals surface area contributed by atoms with Crippen LogP contribution in [0.2, 0.25) is 0 Å². The van der Waals surface area contributed by atoms with Crippen LogP contribution in [-0.2, 0) is 23.0 Å². The Morgan fingerprint density at radius 2 is 1.98 bits per heavy atom. The Morgan fingerprint density at radius 1 is 1.21 bits per heavy atom. The summed E-state index contributed by atoms with van der Waals surface area (Å²) in [5.41, 5.74) is 8.48. The number of fused-ring (bicyclic) bond motifs is 1. The molecule has 3 N–H and O–H groups in total. The smallest absolute Gasteiger partial charge is 0.228 e. The van der Waals surface area contributed by atoms with Crippen molar-refractivity contribution >= 4 is 23.0 Å². The molecule has 1 aromatic heterocycles. The van der Waals surface area contributed by atoms with Crippen molar-refractivity contribution in [1.29, 1.82) is 0 Å². The largest absolute Gasteiger partial charge is 0.490 e. The molecule has 3 aromatic rings. The highest BCUT2D eigenvalue weighted by Crippen LogP contribution is 2.34. The number of nitrogens with zero attached hydrogens (tertiary/aromatic N) is 4. The lowest BCUT2D eigenvalue weighted by Gasteiger charge is -2.31. The average Bonchev–Trinajstić information content (AvgIpc) is 3.25. The van der Waals surface area contributed by atoms with Crippen LogP contribution in [0.1, 0.15) is 46.2 Å². The Balaban J connectivity index is 0.00000506. The first-order valence-electron chi connectivity index (χ1n) is 14.4. The van der Waals surface area contributed by atoms with Crippen molar-refractivity contribution in [2.24, 2.45) is 17.8 Å². The van der Waals surface area contributed by atoms with Crippen LogP contribution >= 0.6 is 0 Å². The summed E-state index contributed by atoms with van der Waals surface area (Å²) in [7, 11) is 3.61. The quantitative estimate of drug-likeness (QED) is 0.316. The van der Waals surface area contributed by atoms with Gasteiger partial charge in [0.05, 0.1) is 35.2 Å². The van der Waals surface area contributed by atoms with Gasteiger partial charge in [0.15, 0.2) is 0 Å². The summed E-state index contributed by atoms with van der Waals surface area (Å²) in [5, 5.41) is 8.33. The first kappa shape index (κ1) is 31.1. The van der Waals surface area contributed by atoms with Gasteiger partial charge in [0.25, 0.3) is 0 Å². The Labute approximate surface area is 250 Å². The minimum Gasteiger partial charge on any atom is -0.490 e. The molecule has 0 spiro atoms. The maximum atomic E-state index is 12.7. The van der Waals surface area contributed by atoms with Crippen LogP contribution in [0, 0.1) is 6.92 Å². The number of likely N-dealkylation sites (tertiary alicyclic amines) is 1. The predicted molar refractivity (Wildman–Crippen MR) is 168 cm³/mol. The van der Waals surface area contributed by atoms with Crippen LogP contribution in [-0.4, -0.2) is 71.8 Å². The van der Waals surface area contributed by atoms with E-state index in [1.54, 1.807) is 18.0 Å². The fourth-order valence-electron chi connectivity index (χ4n) is 4.82. The molecule has 1 saturated heterocycles. The van der Waals surface area contributed by atoms with Crippen molar-refractivity contribution in [3.05, 3.63) is 59.4 Å². The van der Waals surface area contributed by atoms with Crippen LogP contribution in [0.25, 0.3) is 10.9 Å². The molecule has 42 heavy (non-hydrogen) atoms. The lowest BCUT2D eigenvalue weighted by atomic mass is 10.1. The SMILES string of the molecule is COCCN1CCC(Oc2ccc3nn(C)c(Oc4ccc(CC(=O)N/C(C=NC(C)(C)C)=C/N)cc4C)c3c2)CC1.[HH]. The number of nitrogens with one attached hydrogen (secondary N) is 1. The summed E-state index contributed by atoms with van der Waals surface area (Å²) < 4.78 is 19.7. The number of rotatable bonds is 11. The molecule has 1 amide bonds. The number of aliphatic imine (C=N–C) groups is 1. The van der Waals surface area contributed by atoms with E-state index < -0.39 is 0 Å². The monoisotopic (exact) mass is 578 g/mol. The maximum Gasteiger partial charge on any atom is 0.228 e. The molecule has 228 valence electrons. The van der Waals surface area contributed by atoms with Crippen molar-refractivity contribution < 1.29 is 20.4 Å². The minimum absolute atomic E-state index is 0. The molecule has 1 aliphatic heterocycles. The third kappa shape index (κ3) is 8.56. The molecule has 1 fully saturated rings. The fourth-order valence-corrected chi connectivity index (χ4v) is 4.82. The van der Waals surface area contributed by atoms with Crippen LogP contribution in [0.3, 0.4) is 0 Å². The third-order valence-electron chi connectivity index (χ3n) is 7.06. The van der Waals surface area contributed by atoms with Gasteiger partial charge in [0, 0.05) is 47.6 Å². The van der Waals surface area contributed by atoms with Gasteiger partial charge in [-0.1, -0.05) is 12.1 Å². The van der Waals surface area contributed by atoms with Crippen LogP contribution < -0.4 is 20.5 Å². The average molecular weight is 579 g/mol. The van der Waals surface area contributed by atoms with E-state index in [1.165, 1.54) is 6.20 Å². The van der Waals surface area contributed by atoms with Crippen molar-refractivity contribution in [3.8, 4) is 17.4 Å². The molecular weight excluding hydrogens is 532 g/mol. The Morgan fingerprint density at radius 3 is 2.64 bits per heavy atom. The zero-order valence-corrected chi connectivity index (χ0v) is 25.6. The number of methoxy groups -OCH3 is 1. The number of amides is 1. The number of hydrogen-bond acceptors (Lipinski definition) is 8. The summed E-state index contributed by atoms with van der Waals surface area (Å²) in [6.07, 6.45) is 5.27. The number of allylic oxidation sites excluding steroid dienone is 1. The minimum atomic E-state index is -0.262. The Kier molecular flexibility index (Phi) is 10.2. The summed E-state index contributed by atoms with van der Waals surface area (Å²) in [6.45, 7) is 11.6. The number of carbonyl (C=O) groups is 1. The molecular formula is C32H46N6O4. The van der Waals surface area contributed by atoms with Crippen molar-refractivity contribution in [2.45, 2.75) is 58.6 Å². The second-order valence-electron chi connectivity index (χ2n) is 11.7. The standard InChI is InChI=1S/C32H44N6O4.H2/c1-22-17-23(18-30(39)35-24(20-33)21-34-32(2,3)4)7-10-29(22)42-31-27-19-26(8-9-28(27)36-37(31)5)41-25-11-13-38(14-12-25)15-16-40-6;/h7-10,17,19-21,25H,11-16,18,33H2,1-6H3,(H,35,39);1H/b24-20+,34-21?;. The second kappa shape index (κ2) is 13.8. The molecule has 0 saturated carbocycles. The van der Waals surface area contributed by atoms with Gasteiger partial charge in [-0.3, -0.25) is 9.79 Å². The highest BCUT2D eigenvalue weighted by atomic mass is 16.5. The zero-order valence-electron chi connectivity index (χ0n) is 25.6. The lowest BCUT2D eigenvalue weighted by molar-refractivity contribution is -0.119. The molecule has 2 heterocycles. The van der Waals surface area contributed by atoms with Crippen molar-refractivity contribution in [3.63, 3.8) is 0 Å². The van der Waals surface area contributed by atoms with Crippen LogP contribution in [0.5, 0.6) is 17.4 Å². The second-order valence-corrected chi connectivity index (χ2v) is 11.7. The highest BCUT2D eigenvalue weighted by molar-refractivity contribution is 5.89. The Bertz CT molecular complexity index is 1440. The molecule has 0 atom stereocenters. The first-order valence-corrected chi connectivity index (χ1v) is 14.4. The van der Waals surface area contributed by atoms with Crippen molar-refractivity contribution in [1.82, 2.24) is 20.0 Å². The van der Waals surface area contributed by atoms with E-state index in [1.807, 2.05) is 71.1 Å². The molecule has 1 aliphatic rings. The summed E-state index contributed by atoms with van der Waals surface area (Å²) in [5.74, 6) is 1.96. The van der Waals surface area contributed by atoms with Crippen molar-refractivity contribution in [2.75, 3.05) is 33.4 Å². The number of aromatic nitrogens is 2. The molecule has 10 heteroatoms. The normalized spacial score (nSPS) is 15.4. The molecule has 2 aromatic carbocycles. The van der Waals surface area contributed by atoms with Crippen LogP contribution in [0.4, 0.5) is 0 Å². The molecule has 0 radical (unpaired) electrons. The Hall–Kier alpha value is -3.89. The number of carbonyl (C=O) groups excluding carboxylic acids is 1. The topological polar surface area (TPSA) is 116 Å². The molecule has 0 aliphatic carbocycles. The number of aryl methyl sites for hydroxylation is 2. The molecule has 0 bridgehead atoms. The van der Waals surface area contributed by atoms with Gasteiger partial charge in [-0.05, 0) is 75.9 Å². The van der Waals surface area contributed by atoms with E-state index in [-0.39, 0.29) is 25.4 Å². The highest BCUT2D eigenvalue weighted by Gasteiger charge is 2.21. The number of ether oxygens (including phenoxy) is 3. The summed E-state index contributed by atoms with van der Waals surface area (Å²) in [6, 6.07) is 11.7. The maximum absolute atomic E-state index is 12.7.